The summed E-state index contributed by atoms with van der Waals surface area (Å²) < 4.78 is 50.0. The maximum absolute atomic E-state index is 12.8. The van der Waals surface area contributed by atoms with E-state index in [0.717, 1.165) is 0 Å². The van der Waals surface area contributed by atoms with E-state index in [1.54, 1.807) is 24.3 Å². The average Bonchev–Trinajstić information content (AvgIpc) is 2.65. The van der Waals surface area contributed by atoms with Crippen molar-refractivity contribution < 1.29 is 27.4 Å². The fourth-order valence-corrected chi connectivity index (χ4v) is 4.61. The number of methoxy groups -OCH3 is 2. The molecule has 0 radical (unpaired) electrons. The Kier molecular flexibility index (Phi) is 5.59. The van der Waals surface area contributed by atoms with Crippen molar-refractivity contribution in [2.75, 3.05) is 27.4 Å². The smallest absolute Gasteiger partial charge is 0.242 e. The number of benzene rings is 2. The Labute approximate surface area is 160 Å². The van der Waals surface area contributed by atoms with Gasteiger partial charge < -0.3 is 18.9 Å². The molecule has 0 amide bonds. The standard InChI is InChI=1S/C17H18BrNO6S/c1-22-14-8-12(18)16(9-15(14)23-2)26(20,21)19-10-11-4-3-5-13-17(11)25-7-6-24-13/h3-5,8-9,19H,6-7,10H2,1-2H3. The minimum Gasteiger partial charge on any atom is -0.493 e. The Balaban J connectivity index is 1.87. The summed E-state index contributed by atoms with van der Waals surface area (Å²) in [5, 5.41) is 0. The molecule has 9 heteroatoms. The molecule has 0 saturated heterocycles. The number of sulfonamides is 1. The summed E-state index contributed by atoms with van der Waals surface area (Å²) in [6.07, 6.45) is 0. The summed E-state index contributed by atoms with van der Waals surface area (Å²) in [4.78, 5) is 0.0529. The van der Waals surface area contributed by atoms with Gasteiger partial charge in [-0.05, 0) is 28.1 Å². The predicted octanol–water partition coefficient (Wildman–Crippen LogP) is 2.72. The van der Waals surface area contributed by atoms with Crippen molar-refractivity contribution in [1.82, 2.24) is 4.72 Å². The van der Waals surface area contributed by atoms with Crippen molar-refractivity contribution in [3.8, 4) is 23.0 Å². The number of rotatable bonds is 6. The molecule has 3 rings (SSSR count). The number of halogens is 1. The van der Waals surface area contributed by atoms with Gasteiger partial charge in [-0.1, -0.05) is 12.1 Å². The normalized spacial score (nSPS) is 13.3. The van der Waals surface area contributed by atoms with Crippen molar-refractivity contribution in [3.05, 3.63) is 40.4 Å². The Morgan fingerprint density at radius 2 is 1.81 bits per heavy atom. The second-order valence-corrected chi connectivity index (χ2v) is 7.99. The molecule has 0 saturated carbocycles. The van der Waals surface area contributed by atoms with Gasteiger partial charge >= 0.3 is 0 Å². The zero-order valence-corrected chi connectivity index (χ0v) is 16.6. The molecule has 1 aliphatic rings. The molecular weight excluding hydrogens is 426 g/mol. The predicted molar refractivity (Wildman–Crippen MR) is 98.7 cm³/mol. The van der Waals surface area contributed by atoms with Crippen molar-refractivity contribution in [1.29, 1.82) is 0 Å². The molecule has 2 aromatic carbocycles. The summed E-state index contributed by atoms with van der Waals surface area (Å²) in [7, 11) is -0.871. The summed E-state index contributed by atoms with van der Waals surface area (Å²) in [6.45, 7) is 0.967. The van der Waals surface area contributed by atoms with Gasteiger partial charge in [0.1, 0.15) is 18.1 Å². The number of hydrogen-bond acceptors (Lipinski definition) is 6. The highest BCUT2D eigenvalue weighted by Crippen LogP contribution is 2.36. The second-order valence-electron chi connectivity index (χ2n) is 5.40. The van der Waals surface area contributed by atoms with Gasteiger partial charge in [-0.15, -0.1) is 0 Å². The van der Waals surface area contributed by atoms with Crippen molar-refractivity contribution in [3.63, 3.8) is 0 Å². The summed E-state index contributed by atoms with van der Waals surface area (Å²) >= 11 is 3.27. The molecule has 1 aliphatic heterocycles. The third-order valence-electron chi connectivity index (χ3n) is 3.83. The first-order valence-corrected chi connectivity index (χ1v) is 10.0. The molecular formula is C17H18BrNO6S. The minimum absolute atomic E-state index is 0.0529. The first kappa shape index (κ1) is 18.8. The van der Waals surface area contributed by atoms with Crippen molar-refractivity contribution >= 4 is 26.0 Å². The molecule has 0 unspecified atom stereocenters. The number of para-hydroxylation sites is 1. The first-order valence-electron chi connectivity index (χ1n) is 7.75. The molecule has 0 spiro atoms. The Bertz CT molecular complexity index is 916. The number of ether oxygens (including phenoxy) is 4. The van der Waals surface area contributed by atoms with Gasteiger partial charge in [0.15, 0.2) is 23.0 Å². The fraction of sp³-hybridized carbons (Fsp3) is 0.294. The van der Waals surface area contributed by atoms with Gasteiger partial charge in [0, 0.05) is 22.6 Å². The van der Waals surface area contributed by atoms with Crippen LogP contribution >= 0.6 is 15.9 Å². The van der Waals surface area contributed by atoms with Crippen LogP contribution in [0.25, 0.3) is 0 Å². The van der Waals surface area contributed by atoms with Crippen LogP contribution in [0.1, 0.15) is 5.56 Å². The third kappa shape index (κ3) is 3.74. The van der Waals surface area contributed by atoms with E-state index in [1.165, 1.54) is 20.3 Å². The maximum atomic E-state index is 12.8. The Morgan fingerprint density at radius 3 is 2.54 bits per heavy atom. The molecule has 26 heavy (non-hydrogen) atoms. The van der Waals surface area contributed by atoms with Crippen LogP contribution in [0.15, 0.2) is 39.7 Å². The highest BCUT2D eigenvalue weighted by molar-refractivity contribution is 9.10. The van der Waals surface area contributed by atoms with E-state index in [2.05, 4.69) is 20.7 Å². The van der Waals surface area contributed by atoms with Crippen LogP contribution in [-0.2, 0) is 16.6 Å². The molecule has 2 aromatic rings. The van der Waals surface area contributed by atoms with Gasteiger partial charge in [0.05, 0.1) is 14.2 Å². The molecule has 0 fully saturated rings. The number of nitrogens with one attached hydrogen (secondary N) is 1. The second kappa shape index (κ2) is 7.73. The number of hydrogen-bond donors (Lipinski definition) is 1. The average molecular weight is 444 g/mol. The van der Waals surface area contributed by atoms with E-state index in [0.29, 0.717) is 46.2 Å². The van der Waals surface area contributed by atoms with Crippen LogP contribution in [0.5, 0.6) is 23.0 Å². The van der Waals surface area contributed by atoms with Crippen LogP contribution in [0, 0.1) is 0 Å². The van der Waals surface area contributed by atoms with Gasteiger partial charge in [0.2, 0.25) is 10.0 Å². The molecule has 0 atom stereocenters. The van der Waals surface area contributed by atoms with Crippen molar-refractivity contribution in [2.24, 2.45) is 0 Å². The summed E-state index contributed by atoms with van der Waals surface area (Å²) in [6, 6.07) is 8.33. The molecule has 0 aliphatic carbocycles. The summed E-state index contributed by atoms with van der Waals surface area (Å²) in [5.74, 6) is 1.93. The number of fused-ring (bicyclic) bond motifs is 1. The molecule has 140 valence electrons. The zero-order chi connectivity index (χ0) is 18.7. The molecule has 1 heterocycles. The lowest BCUT2D eigenvalue weighted by atomic mass is 10.2. The van der Waals surface area contributed by atoms with Gasteiger partial charge in [-0.25, -0.2) is 13.1 Å². The van der Waals surface area contributed by atoms with E-state index in [-0.39, 0.29) is 11.4 Å². The fourth-order valence-electron chi connectivity index (χ4n) is 2.57. The van der Waals surface area contributed by atoms with Gasteiger partial charge in [0.25, 0.3) is 0 Å². The Hall–Kier alpha value is -1.97. The van der Waals surface area contributed by atoms with Crippen LogP contribution in [-0.4, -0.2) is 35.9 Å². The zero-order valence-electron chi connectivity index (χ0n) is 14.2. The van der Waals surface area contributed by atoms with Crippen LogP contribution in [0.4, 0.5) is 0 Å². The highest BCUT2D eigenvalue weighted by Gasteiger charge is 2.23. The lowest BCUT2D eigenvalue weighted by Gasteiger charge is -2.21. The molecule has 0 aromatic heterocycles. The van der Waals surface area contributed by atoms with Crippen LogP contribution in [0.3, 0.4) is 0 Å². The van der Waals surface area contributed by atoms with E-state index < -0.39 is 10.0 Å². The highest BCUT2D eigenvalue weighted by atomic mass is 79.9. The molecule has 7 nitrogen and oxygen atoms in total. The molecule has 1 N–H and O–H groups in total. The van der Waals surface area contributed by atoms with E-state index in [9.17, 15) is 8.42 Å². The van der Waals surface area contributed by atoms with Gasteiger partial charge in [-0.2, -0.15) is 0 Å². The summed E-state index contributed by atoms with van der Waals surface area (Å²) in [5.41, 5.74) is 0.697. The van der Waals surface area contributed by atoms with E-state index in [4.69, 9.17) is 18.9 Å². The van der Waals surface area contributed by atoms with Gasteiger partial charge in [-0.3, -0.25) is 0 Å². The minimum atomic E-state index is -3.80. The maximum Gasteiger partial charge on any atom is 0.242 e. The topological polar surface area (TPSA) is 83.1 Å². The van der Waals surface area contributed by atoms with E-state index in [1.807, 2.05) is 0 Å². The quantitative estimate of drug-likeness (QED) is 0.738. The monoisotopic (exact) mass is 443 g/mol. The Morgan fingerprint density at radius 1 is 1.12 bits per heavy atom. The third-order valence-corrected chi connectivity index (χ3v) is 6.19. The van der Waals surface area contributed by atoms with E-state index >= 15 is 0 Å². The largest absolute Gasteiger partial charge is 0.493 e. The molecule has 0 bridgehead atoms. The van der Waals surface area contributed by atoms with Crippen LogP contribution < -0.4 is 23.7 Å². The lowest BCUT2D eigenvalue weighted by molar-refractivity contribution is 0.170. The van der Waals surface area contributed by atoms with Crippen LogP contribution in [0.2, 0.25) is 0 Å². The lowest BCUT2D eigenvalue weighted by Crippen LogP contribution is -2.25. The SMILES string of the molecule is COc1cc(Br)c(S(=O)(=O)NCc2cccc3c2OCCO3)cc1OC. The van der Waals surface area contributed by atoms with Crippen molar-refractivity contribution in [2.45, 2.75) is 11.4 Å². The first-order chi connectivity index (χ1) is 12.5.